The standard InChI is InChI=1S/C12H18N2O5S/c1-13(2)20(18,19)9-4-5-11(14(3)6-7-15)10(8-9)12(16)17/h4-5,8,15H,6-7H2,1-3H3,(H,16,17). The van der Waals surface area contributed by atoms with Crippen LogP contribution in [0.25, 0.3) is 0 Å². The Morgan fingerprint density at radius 1 is 1.25 bits per heavy atom. The molecule has 0 aliphatic heterocycles. The lowest BCUT2D eigenvalue weighted by Gasteiger charge is -2.21. The van der Waals surface area contributed by atoms with Crippen molar-refractivity contribution in [3.05, 3.63) is 23.8 Å². The molecule has 7 nitrogen and oxygen atoms in total. The monoisotopic (exact) mass is 302 g/mol. The summed E-state index contributed by atoms with van der Waals surface area (Å²) in [6.07, 6.45) is 0. The van der Waals surface area contributed by atoms with E-state index in [-0.39, 0.29) is 23.6 Å². The third kappa shape index (κ3) is 3.27. The fraction of sp³-hybridized carbons (Fsp3) is 0.417. The summed E-state index contributed by atoms with van der Waals surface area (Å²) in [6, 6.07) is 3.90. The van der Waals surface area contributed by atoms with Crippen LogP contribution in [-0.2, 0) is 10.0 Å². The van der Waals surface area contributed by atoms with Crippen molar-refractivity contribution in [1.82, 2.24) is 4.31 Å². The zero-order valence-corrected chi connectivity index (χ0v) is 12.4. The first-order valence-electron chi connectivity index (χ1n) is 5.83. The summed E-state index contributed by atoms with van der Waals surface area (Å²) >= 11 is 0. The van der Waals surface area contributed by atoms with Gasteiger partial charge in [-0.15, -0.1) is 0 Å². The van der Waals surface area contributed by atoms with E-state index >= 15 is 0 Å². The van der Waals surface area contributed by atoms with Gasteiger partial charge in [-0.2, -0.15) is 0 Å². The number of hydrogen-bond acceptors (Lipinski definition) is 5. The van der Waals surface area contributed by atoms with Crippen molar-refractivity contribution < 1.29 is 23.4 Å². The molecule has 0 saturated heterocycles. The summed E-state index contributed by atoms with van der Waals surface area (Å²) in [6.45, 7) is 0.118. The molecule has 0 aromatic heterocycles. The molecular weight excluding hydrogens is 284 g/mol. The van der Waals surface area contributed by atoms with Gasteiger partial charge in [0, 0.05) is 27.7 Å². The van der Waals surface area contributed by atoms with Crippen molar-refractivity contribution in [2.75, 3.05) is 39.2 Å². The lowest BCUT2D eigenvalue weighted by atomic mass is 10.1. The first kappa shape index (κ1) is 16.4. The summed E-state index contributed by atoms with van der Waals surface area (Å²) in [4.78, 5) is 12.8. The molecule has 0 heterocycles. The van der Waals surface area contributed by atoms with Crippen LogP contribution in [-0.4, -0.2) is 63.2 Å². The molecule has 2 N–H and O–H groups in total. The molecule has 20 heavy (non-hydrogen) atoms. The first-order chi connectivity index (χ1) is 9.21. The van der Waals surface area contributed by atoms with Crippen LogP contribution in [0.2, 0.25) is 0 Å². The lowest BCUT2D eigenvalue weighted by Crippen LogP contribution is -2.25. The number of nitrogens with zero attached hydrogens (tertiary/aromatic N) is 2. The maximum atomic E-state index is 12.0. The lowest BCUT2D eigenvalue weighted by molar-refractivity contribution is 0.0697. The van der Waals surface area contributed by atoms with E-state index in [2.05, 4.69) is 0 Å². The van der Waals surface area contributed by atoms with Crippen molar-refractivity contribution >= 4 is 21.7 Å². The van der Waals surface area contributed by atoms with Crippen molar-refractivity contribution in [3.8, 4) is 0 Å². The Labute approximate surface area is 118 Å². The number of hydrogen-bond donors (Lipinski definition) is 2. The minimum absolute atomic E-state index is 0.0824. The fourth-order valence-electron chi connectivity index (χ4n) is 1.66. The Hall–Kier alpha value is -1.64. The number of benzene rings is 1. The molecule has 8 heteroatoms. The molecule has 1 aromatic rings. The quantitative estimate of drug-likeness (QED) is 0.771. The van der Waals surface area contributed by atoms with E-state index < -0.39 is 16.0 Å². The highest BCUT2D eigenvalue weighted by atomic mass is 32.2. The summed E-state index contributed by atoms with van der Waals surface area (Å²) < 4.78 is 25.0. The van der Waals surface area contributed by atoms with Gasteiger partial charge in [0.2, 0.25) is 10.0 Å². The third-order valence-electron chi connectivity index (χ3n) is 2.82. The topological polar surface area (TPSA) is 98.2 Å². The Bertz CT molecular complexity index is 598. The van der Waals surface area contributed by atoms with Gasteiger partial charge in [0.05, 0.1) is 22.8 Å². The summed E-state index contributed by atoms with van der Waals surface area (Å²) in [5.74, 6) is -1.22. The number of aliphatic hydroxyl groups is 1. The van der Waals surface area contributed by atoms with E-state index in [1.54, 1.807) is 11.9 Å². The van der Waals surface area contributed by atoms with Crippen molar-refractivity contribution in [1.29, 1.82) is 0 Å². The van der Waals surface area contributed by atoms with E-state index in [0.29, 0.717) is 5.69 Å². The third-order valence-corrected chi connectivity index (χ3v) is 4.63. The number of carboxylic acid groups (broad SMARTS) is 1. The zero-order valence-electron chi connectivity index (χ0n) is 11.6. The molecule has 0 spiro atoms. The number of rotatable bonds is 6. The van der Waals surface area contributed by atoms with Crippen molar-refractivity contribution in [3.63, 3.8) is 0 Å². The minimum Gasteiger partial charge on any atom is -0.478 e. The second-order valence-corrected chi connectivity index (χ2v) is 6.57. The van der Waals surface area contributed by atoms with Crippen LogP contribution in [0.3, 0.4) is 0 Å². The number of sulfonamides is 1. The SMILES string of the molecule is CN(CCO)c1ccc(S(=O)(=O)N(C)C)cc1C(=O)O. The molecule has 1 aromatic carbocycles. The highest BCUT2D eigenvalue weighted by Crippen LogP contribution is 2.24. The molecule has 0 aliphatic carbocycles. The molecule has 0 aliphatic rings. The van der Waals surface area contributed by atoms with Gasteiger partial charge in [0.1, 0.15) is 0 Å². The Kier molecular flexibility index (Phi) is 5.09. The molecule has 0 radical (unpaired) electrons. The predicted molar refractivity (Wildman–Crippen MR) is 74.6 cm³/mol. The van der Waals surface area contributed by atoms with Crippen LogP contribution in [0.1, 0.15) is 10.4 Å². The number of aromatic carboxylic acids is 1. The molecular formula is C12H18N2O5S. The average molecular weight is 302 g/mol. The number of likely N-dealkylation sites (N-methyl/N-ethyl adjacent to an activating group) is 1. The van der Waals surface area contributed by atoms with Crippen molar-refractivity contribution in [2.24, 2.45) is 0 Å². The fourth-order valence-corrected chi connectivity index (χ4v) is 2.59. The second kappa shape index (κ2) is 6.21. The van der Waals surface area contributed by atoms with Crippen LogP contribution in [0, 0.1) is 0 Å². The van der Waals surface area contributed by atoms with Gasteiger partial charge in [0.25, 0.3) is 0 Å². The maximum Gasteiger partial charge on any atom is 0.337 e. The van der Waals surface area contributed by atoms with Gasteiger partial charge < -0.3 is 15.1 Å². The highest BCUT2D eigenvalue weighted by Gasteiger charge is 2.22. The van der Waals surface area contributed by atoms with Crippen LogP contribution in [0.4, 0.5) is 5.69 Å². The summed E-state index contributed by atoms with van der Waals surface area (Å²) in [5, 5.41) is 18.1. The van der Waals surface area contributed by atoms with Crippen LogP contribution < -0.4 is 4.90 Å². The van der Waals surface area contributed by atoms with Crippen LogP contribution in [0.5, 0.6) is 0 Å². The van der Waals surface area contributed by atoms with Gasteiger partial charge in [-0.25, -0.2) is 17.5 Å². The molecule has 1 rings (SSSR count). The smallest absolute Gasteiger partial charge is 0.337 e. The second-order valence-electron chi connectivity index (χ2n) is 4.42. The van der Waals surface area contributed by atoms with Gasteiger partial charge in [0.15, 0.2) is 0 Å². The molecule has 0 atom stereocenters. The normalized spacial score (nSPS) is 11.7. The molecule has 0 saturated carbocycles. The van der Waals surface area contributed by atoms with Crippen molar-refractivity contribution in [2.45, 2.75) is 4.90 Å². The largest absolute Gasteiger partial charge is 0.478 e. The van der Waals surface area contributed by atoms with E-state index in [0.717, 1.165) is 10.4 Å². The van der Waals surface area contributed by atoms with Gasteiger partial charge >= 0.3 is 5.97 Å². The summed E-state index contributed by atoms with van der Waals surface area (Å²) in [5.41, 5.74) is 0.230. The van der Waals surface area contributed by atoms with E-state index in [9.17, 15) is 18.3 Å². The average Bonchev–Trinajstić information content (AvgIpc) is 2.37. The van der Waals surface area contributed by atoms with Crippen LogP contribution >= 0.6 is 0 Å². The summed E-state index contributed by atoms with van der Waals surface area (Å²) in [7, 11) is 0.691. The van der Waals surface area contributed by atoms with E-state index in [1.165, 1.54) is 26.2 Å². The predicted octanol–water partition coefficient (Wildman–Crippen LogP) is 0.0636. The molecule has 0 unspecified atom stereocenters. The number of carboxylic acids is 1. The van der Waals surface area contributed by atoms with Crippen LogP contribution in [0.15, 0.2) is 23.1 Å². The van der Waals surface area contributed by atoms with E-state index in [4.69, 9.17) is 5.11 Å². The number of aliphatic hydroxyl groups excluding tert-OH is 1. The number of carbonyl (C=O) groups is 1. The maximum absolute atomic E-state index is 12.0. The Balaban J connectivity index is 3.38. The van der Waals surface area contributed by atoms with Gasteiger partial charge in [-0.3, -0.25) is 0 Å². The van der Waals surface area contributed by atoms with E-state index in [1.807, 2.05) is 0 Å². The highest BCUT2D eigenvalue weighted by molar-refractivity contribution is 7.89. The molecule has 0 bridgehead atoms. The number of anilines is 1. The first-order valence-corrected chi connectivity index (χ1v) is 7.27. The zero-order chi connectivity index (χ0) is 15.5. The Morgan fingerprint density at radius 2 is 1.85 bits per heavy atom. The van der Waals surface area contributed by atoms with Gasteiger partial charge in [-0.05, 0) is 18.2 Å². The van der Waals surface area contributed by atoms with Gasteiger partial charge in [-0.1, -0.05) is 0 Å². The minimum atomic E-state index is -3.69. The molecule has 0 fully saturated rings. The Morgan fingerprint density at radius 3 is 2.30 bits per heavy atom. The molecule has 0 amide bonds. The molecule has 112 valence electrons.